The fourth-order valence-electron chi connectivity index (χ4n) is 9.36. The van der Waals surface area contributed by atoms with Gasteiger partial charge >= 0.3 is 7.12 Å². The number of nitrogens with two attached hydrogens (primary N) is 1. The molecule has 8 atom stereocenters. The number of aromatic hydroxyl groups is 2. The van der Waals surface area contributed by atoms with Gasteiger partial charge in [-0.3, -0.25) is 28.8 Å². The second-order valence-corrected chi connectivity index (χ2v) is 17.8. The molecule has 18 nitrogen and oxygen atoms in total. The first-order valence-corrected chi connectivity index (χ1v) is 22.8. The molecule has 0 spiro atoms. The third kappa shape index (κ3) is 11.1. The van der Waals surface area contributed by atoms with E-state index in [4.69, 9.17) is 18.0 Å². The van der Waals surface area contributed by atoms with Crippen molar-refractivity contribution in [3.8, 4) is 11.5 Å². The highest BCUT2D eigenvalue weighted by Crippen LogP contribution is 2.28. The Hall–Kier alpha value is -5.31. The average Bonchev–Trinajstić information content (AvgIpc) is 4.14. The number of benzene rings is 2. The van der Waals surface area contributed by atoms with E-state index in [1.54, 1.807) is 17.0 Å². The zero-order chi connectivity index (χ0) is 46.2. The second kappa shape index (κ2) is 21.6. The number of carbonyl (C=O) groups excluding carboxylic acids is 6. The number of nitrogens with one attached hydrogen (secondary N) is 3. The highest BCUT2D eigenvalue weighted by Gasteiger charge is 2.44. The van der Waals surface area contributed by atoms with E-state index in [2.05, 4.69) is 16.0 Å². The molecule has 4 fully saturated rings. The molecule has 20 heteroatoms. The van der Waals surface area contributed by atoms with Crippen LogP contribution in [0.5, 0.6) is 11.5 Å². The molecule has 4 aliphatic rings. The molecule has 0 aliphatic carbocycles. The molecule has 9 N–H and O–H groups in total. The summed E-state index contributed by atoms with van der Waals surface area (Å²) in [5, 5.41) is 48.1. The largest absolute Gasteiger partial charge is 0.508 e. The van der Waals surface area contributed by atoms with Gasteiger partial charge in [0.15, 0.2) is 0 Å². The van der Waals surface area contributed by atoms with Crippen molar-refractivity contribution in [1.29, 1.82) is 0 Å². The van der Waals surface area contributed by atoms with Gasteiger partial charge in [0.05, 0.1) is 24.6 Å². The summed E-state index contributed by atoms with van der Waals surface area (Å²) in [5.74, 6) is -3.65. The van der Waals surface area contributed by atoms with E-state index in [0.29, 0.717) is 75.0 Å². The van der Waals surface area contributed by atoms with Crippen LogP contribution in [0.3, 0.4) is 0 Å². The molecule has 346 valence electrons. The van der Waals surface area contributed by atoms with Crippen LogP contribution in [0, 0.1) is 5.92 Å². The van der Waals surface area contributed by atoms with Crippen LogP contribution in [0.2, 0.25) is 0 Å². The minimum absolute atomic E-state index is 0.0601. The third-order valence-electron chi connectivity index (χ3n) is 13.1. The summed E-state index contributed by atoms with van der Waals surface area (Å²) in [6, 6.07) is 6.57. The van der Waals surface area contributed by atoms with Crippen LogP contribution in [0.15, 0.2) is 48.5 Å². The maximum absolute atomic E-state index is 14.4. The molecule has 64 heavy (non-hydrogen) atoms. The van der Waals surface area contributed by atoms with E-state index >= 15 is 0 Å². The highest BCUT2D eigenvalue weighted by atomic mass is 32.1. The standard InChI is InChI=1S/C44H61BN8O10S/c1-3-26(2)37(44(64)53-23-7-11-35(53)45(62)63)48-40(58)33-9-4-20-50(33)36(56)25-47-39(57)32-8-5-22-52(32)43(61)38(28-14-18-30(55)19-15-28)49-41(59)34-10-6-21-51(34)42(60)31(46)24-27-12-16-29(54)17-13-27/h12-19,26,31-35,37-38,54-55,62-63H,3-11,20-25,46H2,1-2H3,(H,47,57)(H,48,58)(H,49,59)/t26?,31-,32-,33-,34-,35-,37-,38?/m0/s1. The SMILES string of the molecule is CCC(C)[C@H](NC(=O)[C@@H]1CCCN1C(=O)CNC(=O)[C@@H]1CCCN1C(=O)C(NC(=O)[C@@H]1CCCN1C(=O)[C@@H](N)Cc1ccc(O)cc1)c1ccc(O)cc1)C(=S)N1CCC[C@H]1B(O)O. The van der Waals surface area contributed by atoms with Crippen LogP contribution in [0.4, 0.5) is 0 Å². The molecule has 0 aromatic heterocycles. The van der Waals surface area contributed by atoms with Crippen molar-refractivity contribution in [1.82, 2.24) is 35.6 Å². The van der Waals surface area contributed by atoms with E-state index in [1.807, 2.05) is 13.8 Å². The molecular weight excluding hydrogens is 843 g/mol. The van der Waals surface area contributed by atoms with Gasteiger partial charge in [0, 0.05) is 26.2 Å². The Morgan fingerprint density at radius 3 is 1.81 bits per heavy atom. The lowest BCUT2D eigenvalue weighted by Crippen LogP contribution is -2.58. The van der Waals surface area contributed by atoms with Gasteiger partial charge in [-0.2, -0.15) is 0 Å². The smallest absolute Gasteiger partial charge is 0.475 e. The summed E-state index contributed by atoms with van der Waals surface area (Å²) in [6.45, 7) is 4.82. The number of hydrogen-bond donors (Lipinski definition) is 8. The summed E-state index contributed by atoms with van der Waals surface area (Å²) < 4.78 is 0. The van der Waals surface area contributed by atoms with Crippen LogP contribution in [0.25, 0.3) is 0 Å². The van der Waals surface area contributed by atoms with E-state index < -0.39 is 85.4 Å². The van der Waals surface area contributed by atoms with Gasteiger partial charge in [-0.15, -0.1) is 0 Å². The number of rotatable bonds is 16. The summed E-state index contributed by atoms with van der Waals surface area (Å²) in [4.78, 5) is 89.7. The Balaban J connectivity index is 1.09. The fraction of sp³-hybridized carbons (Fsp3) is 0.568. The van der Waals surface area contributed by atoms with Crippen LogP contribution in [0.1, 0.15) is 88.8 Å². The van der Waals surface area contributed by atoms with Crippen molar-refractivity contribution in [3.63, 3.8) is 0 Å². The van der Waals surface area contributed by atoms with Crippen molar-refractivity contribution >= 4 is 59.8 Å². The first kappa shape index (κ1) is 48.2. The lowest BCUT2D eigenvalue weighted by molar-refractivity contribution is -0.144. The van der Waals surface area contributed by atoms with Crippen LogP contribution < -0.4 is 21.7 Å². The number of hydrogen-bond acceptors (Lipinski definition) is 12. The number of likely N-dealkylation sites (tertiary alicyclic amines) is 4. The summed E-state index contributed by atoms with van der Waals surface area (Å²) in [7, 11) is -1.58. The number of carbonyl (C=O) groups is 6. The first-order chi connectivity index (χ1) is 30.6. The molecule has 2 aromatic carbocycles. The summed E-state index contributed by atoms with van der Waals surface area (Å²) in [6.07, 6.45) is 4.76. The Bertz CT molecular complexity index is 2030. The molecular formula is C44H61BN8O10S. The third-order valence-corrected chi connectivity index (χ3v) is 13.6. The predicted molar refractivity (Wildman–Crippen MR) is 240 cm³/mol. The normalized spacial score (nSPS) is 22.7. The van der Waals surface area contributed by atoms with Gasteiger partial charge < -0.3 is 61.5 Å². The first-order valence-electron chi connectivity index (χ1n) is 22.4. The Morgan fingerprint density at radius 2 is 1.22 bits per heavy atom. The Labute approximate surface area is 379 Å². The molecule has 4 aliphatic heterocycles. The van der Waals surface area contributed by atoms with Gasteiger partial charge in [0.25, 0.3) is 0 Å². The number of amides is 6. The summed E-state index contributed by atoms with van der Waals surface area (Å²) >= 11 is 5.81. The van der Waals surface area contributed by atoms with Gasteiger partial charge in [0.2, 0.25) is 35.4 Å². The second-order valence-electron chi connectivity index (χ2n) is 17.4. The lowest BCUT2D eigenvalue weighted by atomic mass is 9.77. The Morgan fingerprint density at radius 1 is 0.719 bits per heavy atom. The van der Waals surface area contributed by atoms with Crippen molar-refractivity contribution in [2.75, 3.05) is 32.7 Å². The van der Waals surface area contributed by atoms with E-state index in [9.17, 15) is 49.0 Å². The van der Waals surface area contributed by atoms with Gasteiger partial charge in [0.1, 0.15) is 40.7 Å². The minimum atomic E-state index is -1.58. The molecule has 2 unspecified atom stereocenters. The number of phenols is 2. The van der Waals surface area contributed by atoms with Crippen LogP contribution in [-0.4, -0.2) is 156 Å². The van der Waals surface area contributed by atoms with Crippen LogP contribution >= 0.6 is 12.2 Å². The van der Waals surface area contributed by atoms with Gasteiger partial charge in [-0.05, 0) is 99.1 Å². The molecule has 4 heterocycles. The predicted octanol–water partition coefficient (Wildman–Crippen LogP) is 0.249. The molecule has 6 amide bonds. The van der Waals surface area contributed by atoms with Crippen molar-refractivity contribution in [2.45, 2.75) is 120 Å². The quantitative estimate of drug-likeness (QED) is 0.0832. The zero-order valence-corrected chi connectivity index (χ0v) is 37.3. The Kier molecular flexibility index (Phi) is 16.2. The van der Waals surface area contributed by atoms with Crippen LogP contribution in [-0.2, 0) is 35.2 Å². The number of phenolic OH excluding ortho intramolecular Hbond substituents is 2. The van der Waals surface area contributed by atoms with E-state index in [0.717, 1.165) is 12.0 Å². The van der Waals surface area contributed by atoms with E-state index in [-0.39, 0.29) is 42.8 Å². The minimum Gasteiger partial charge on any atom is -0.508 e. The fourth-order valence-corrected chi connectivity index (χ4v) is 9.88. The maximum Gasteiger partial charge on any atom is 0.475 e. The number of nitrogens with zero attached hydrogens (tertiary/aromatic N) is 4. The molecule has 6 rings (SSSR count). The molecule has 0 saturated carbocycles. The maximum atomic E-state index is 14.4. The molecule has 0 radical (unpaired) electrons. The average molecular weight is 905 g/mol. The lowest BCUT2D eigenvalue weighted by Gasteiger charge is -2.35. The molecule has 2 aromatic rings. The topological polar surface area (TPSA) is 258 Å². The van der Waals surface area contributed by atoms with Crippen molar-refractivity contribution in [2.24, 2.45) is 11.7 Å². The monoisotopic (exact) mass is 904 g/mol. The zero-order valence-electron chi connectivity index (χ0n) is 36.4. The highest BCUT2D eigenvalue weighted by molar-refractivity contribution is 7.80. The number of thiocarbonyl (C=S) groups is 1. The molecule has 0 bridgehead atoms. The van der Waals surface area contributed by atoms with Gasteiger partial charge in [-0.25, -0.2) is 0 Å². The summed E-state index contributed by atoms with van der Waals surface area (Å²) in [5.41, 5.74) is 7.40. The van der Waals surface area contributed by atoms with Crippen molar-refractivity contribution in [3.05, 3.63) is 59.7 Å². The van der Waals surface area contributed by atoms with Crippen molar-refractivity contribution < 1.29 is 49.0 Å². The van der Waals surface area contributed by atoms with Gasteiger partial charge in [-0.1, -0.05) is 56.8 Å². The van der Waals surface area contributed by atoms with E-state index in [1.165, 1.54) is 51.1 Å². The molecule has 4 saturated heterocycles.